The van der Waals surface area contributed by atoms with Gasteiger partial charge >= 0.3 is 7.32 Å². The van der Waals surface area contributed by atoms with E-state index in [4.69, 9.17) is 37.5 Å². The van der Waals surface area contributed by atoms with Gasteiger partial charge in [-0.2, -0.15) is 0 Å². The number of hydrogen-bond acceptors (Lipinski definition) is 3. The number of halogens is 2. The predicted molar refractivity (Wildman–Crippen MR) is 50.6 cm³/mol. The number of alkyl halides is 2. The van der Waals surface area contributed by atoms with Gasteiger partial charge in [-0.25, -0.2) is 0 Å². The van der Waals surface area contributed by atoms with Crippen LogP contribution in [0.25, 0.3) is 0 Å². The Balaban J connectivity index is 3.04. The molecule has 0 aromatic heterocycles. The van der Waals surface area contributed by atoms with E-state index in [2.05, 4.69) is 0 Å². The minimum atomic E-state index is -1.14. The van der Waals surface area contributed by atoms with E-state index in [9.17, 15) is 0 Å². The summed E-state index contributed by atoms with van der Waals surface area (Å²) in [6, 6.07) is 0. The summed E-state index contributed by atoms with van der Waals surface area (Å²) >= 11 is 10.8. The standard InChI is InChI=1S/C6H13BCl2O3/c8-3-1-5-11-7(10)12-6-2-4-9/h10H,1-6H2. The Kier molecular flexibility index (Phi) is 10.0. The van der Waals surface area contributed by atoms with E-state index >= 15 is 0 Å². The summed E-state index contributed by atoms with van der Waals surface area (Å²) in [5, 5.41) is 8.97. The van der Waals surface area contributed by atoms with Crippen molar-refractivity contribution in [2.45, 2.75) is 12.8 Å². The van der Waals surface area contributed by atoms with E-state index in [0.717, 1.165) is 0 Å². The molecule has 0 aliphatic heterocycles. The number of rotatable bonds is 8. The average Bonchev–Trinajstić information content (AvgIpc) is 2.06. The molecule has 0 atom stereocenters. The predicted octanol–water partition coefficient (Wildman–Crippen LogP) is 1.25. The first-order chi connectivity index (χ1) is 5.81. The van der Waals surface area contributed by atoms with Crippen molar-refractivity contribution >= 4 is 30.5 Å². The summed E-state index contributed by atoms with van der Waals surface area (Å²) in [4.78, 5) is 0. The van der Waals surface area contributed by atoms with E-state index in [1.54, 1.807) is 0 Å². The molecular formula is C6H13BCl2O3. The molecule has 0 rings (SSSR count). The lowest BCUT2D eigenvalue weighted by Crippen LogP contribution is -2.24. The normalized spacial score (nSPS) is 10.2. The van der Waals surface area contributed by atoms with E-state index < -0.39 is 7.32 Å². The molecule has 0 unspecified atom stereocenters. The molecule has 12 heavy (non-hydrogen) atoms. The summed E-state index contributed by atoms with van der Waals surface area (Å²) in [7, 11) is -1.14. The van der Waals surface area contributed by atoms with Crippen molar-refractivity contribution in [3.05, 3.63) is 0 Å². The zero-order chi connectivity index (χ0) is 9.23. The molecule has 1 N–H and O–H groups in total. The van der Waals surface area contributed by atoms with Gasteiger partial charge in [0.25, 0.3) is 0 Å². The van der Waals surface area contributed by atoms with Gasteiger partial charge in [0.2, 0.25) is 0 Å². The van der Waals surface area contributed by atoms with Gasteiger partial charge in [-0.05, 0) is 12.8 Å². The molecule has 0 aromatic carbocycles. The minimum absolute atomic E-state index is 0.408. The Bertz CT molecular complexity index is 86.9. The van der Waals surface area contributed by atoms with Gasteiger partial charge in [0.1, 0.15) is 0 Å². The molecule has 0 fully saturated rings. The Hall–Kier alpha value is 0.525. The molecule has 0 heterocycles. The molecule has 0 saturated carbocycles. The highest BCUT2D eigenvalue weighted by Crippen LogP contribution is 1.92. The van der Waals surface area contributed by atoms with Crippen LogP contribution in [0.3, 0.4) is 0 Å². The van der Waals surface area contributed by atoms with Crippen molar-refractivity contribution in [3.8, 4) is 0 Å². The SMILES string of the molecule is OB(OCCCCl)OCCCCl. The van der Waals surface area contributed by atoms with Gasteiger partial charge in [0.15, 0.2) is 0 Å². The molecule has 0 spiro atoms. The van der Waals surface area contributed by atoms with Crippen molar-refractivity contribution in [2.24, 2.45) is 0 Å². The summed E-state index contributed by atoms with van der Waals surface area (Å²) in [5.74, 6) is 1.04. The third-order valence-corrected chi connectivity index (χ3v) is 1.61. The third kappa shape index (κ3) is 8.62. The fourth-order valence-corrected chi connectivity index (χ4v) is 0.744. The molecule has 0 radical (unpaired) electrons. The van der Waals surface area contributed by atoms with Crippen molar-refractivity contribution in [3.63, 3.8) is 0 Å². The summed E-state index contributed by atoms with van der Waals surface area (Å²) in [6.45, 7) is 0.817. The lowest BCUT2D eigenvalue weighted by Gasteiger charge is -2.06. The van der Waals surface area contributed by atoms with Crippen LogP contribution in [0, 0.1) is 0 Å². The van der Waals surface area contributed by atoms with Crippen LogP contribution in [0.1, 0.15) is 12.8 Å². The molecule has 0 bridgehead atoms. The van der Waals surface area contributed by atoms with Crippen LogP contribution in [-0.2, 0) is 9.31 Å². The van der Waals surface area contributed by atoms with E-state index in [-0.39, 0.29) is 0 Å². The molecule has 3 nitrogen and oxygen atoms in total. The zero-order valence-electron chi connectivity index (χ0n) is 6.84. The monoisotopic (exact) mass is 214 g/mol. The first-order valence-electron chi connectivity index (χ1n) is 3.84. The van der Waals surface area contributed by atoms with Crippen LogP contribution < -0.4 is 0 Å². The van der Waals surface area contributed by atoms with Crippen molar-refractivity contribution in [1.29, 1.82) is 0 Å². The largest absolute Gasteiger partial charge is 0.636 e. The van der Waals surface area contributed by atoms with Gasteiger partial charge in [0.05, 0.1) is 0 Å². The van der Waals surface area contributed by atoms with Crippen LogP contribution in [-0.4, -0.2) is 37.3 Å². The molecule has 0 saturated heterocycles. The zero-order valence-corrected chi connectivity index (χ0v) is 8.35. The first kappa shape index (κ1) is 12.5. The van der Waals surface area contributed by atoms with Gasteiger partial charge < -0.3 is 14.3 Å². The second-order valence-corrected chi connectivity index (χ2v) is 2.89. The maximum absolute atomic E-state index is 8.97. The van der Waals surface area contributed by atoms with Crippen molar-refractivity contribution < 1.29 is 14.3 Å². The van der Waals surface area contributed by atoms with Crippen LogP contribution in [0.5, 0.6) is 0 Å². The van der Waals surface area contributed by atoms with Crippen LogP contribution in [0.2, 0.25) is 0 Å². The van der Waals surface area contributed by atoms with Gasteiger partial charge in [0, 0.05) is 25.0 Å². The molecule has 72 valence electrons. The van der Waals surface area contributed by atoms with Gasteiger partial charge in [-0.15, -0.1) is 23.2 Å². The summed E-state index contributed by atoms with van der Waals surface area (Å²) in [6.07, 6.45) is 1.41. The minimum Gasteiger partial charge on any atom is -0.402 e. The Morgan fingerprint density at radius 3 is 1.75 bits per heavy atom. The maximum Gasteiger partial charge on any atom is 0.636 e. The molecule has 0 aromatic rings. The highest BCUT2D eigenvalue weighted by Gasteiger charge is 2.13. The molecule has 6 heteroatoms. The smallest absolute Gasteiger partial charge is 0.402 e. The quantitative estimate of drug-likeness (QED) is 0.376. The third-order valence-electron chi connectivity index (χ3n) is 1.08. The van der Waals surface area contributed by atoms with Crippen molar-refractivity contribution in [1.82, 2.24) is 0 Å². The maximum atomic E-state index is 8.97. The van der Waals surface area contributed by atoms with Crippen LogP contribution in [0.15, 0.2) is 0 Å². The molecular weight excluding hydrogens is 202 g/mol. The molecule has 0 amide bonds. The Morgan fingerprint density at radius 2 is 1.42 bits per heavy atom. The number of hydrogen-bond donors (Lipinski definition) is 1. The highest BCUT2D eigenvalue weighted by atomic mass is 35.5. The fourth-order valence-electron chi connectivity index (χ4n) is 0.526. The summed E-state index contributed by atoms with van der Waals surface area (Å²) in [5.41, 5.74) is 0. The summed E-state index contributed by atoms with van der Waals surface area (Å²) < 4.78 is 9.67. The Labute approximate surface area is 83.1 Å². The van der Waals surface area contributed by atoms with E-state index in [1.807, 2.05) is 0 Å². The van der Waals surface area contributed by atoms with E-state index in [1.165, 1.54) is 0 Å². The lowest BCUT2D eigenvalue weighted by atomic mass is 10.2. The van der Waals surface area contributed by atoms with Gasteiger partial charge in [-0.1, -0.05) is 0 Å². The van der Waals surface area contributed by atoms with Crippen LogP contribution in [0.4, 0.5) is 0 Å². The topological polar surface area (TPSA) is 38.7 Å². The van der Waals surface area contributed by atoms with E-state index in [0.29, 0.717) is 37.8 Å². The average molecular weight is 215 g/mol. The van der Waals surface area contributed by atoms with Crippen molar-refractivity contribution in [2.75, 3.05) is 25.0 Å². The lowest BCUT2D eigenvalue weighted by molar-refractivity contribution is 0.134. The second kappa shape index (κ2) is 9.61. The van der Waals surface area contributed by atoms with Gasteiger partial charge in [-0.3, -0.25) is 0 Å². The van der Waals surface area contributed by atoms with Crippen LogP contribution >= 0.6 is 23.2 Å². The Morgan fingerprint density at radius 1 is 1.00 bits per heavy atom. The highest BCUT2D eigenvalue weighted by molar-refractivity contribution is 6.34. The second-order valence-electron chi connectivity index (χ2n) is 2.13. The molecule has 0 aliphatic carbocycles. The fraction of sp³-hybridized carbons (Fsp3) is 1.00. The molecule has 0 aliphatic rings. The first-order valence-corrected chi connectivity index (χ1v) is 4.91.